The summed E-state index contributed by atoms with van der Waals surface area (Å²) >= 11 is 0. The number of fused-ring (bicyclic) bond motifs is 1. The Bertz CT molecular complexity index is 354. The number of unbranched alkanes of at least 4 members (excludes halogenated alkanes) is 1. The third-order valence-electron chi connectivity index (χ3n) is 2.50. The molecule has 0 fully saturated rings. The molecule has 0 nitrogen and oxygen atoms in total. The molecule has 85 valence electrons. The van der Waals surface area contributed by atoms with E-state index in [4.69, 9.17) is 0 Å². The van der Waals surface area contributed by atoms with Crippen LogP contribution in [0.1, 0.15) is 25.3 Å². The summed E-state index contributed by atoms with van der Waals surface area (Å²) in [6.45, 7) is 2.24. The Morgan fingerprint density at radius 1 is 1.12 bits per heavy atom. The SMILES string of the molecule is CCCCc1cc2ccccc2[cH-]1.[CH3-].[CH3-].[Zr+3]. The van der Waals surface area contributed by atoms with E-state index in [1.807, 2.05) is 0 Å². The van der Waals surface area contributed by atoms with Gasteiger partial charge in [0.1, 0.15) is 0 Å². The van der Waals surface area contributed by atoms with Crippen molar-refractivity contribution in [3.05, 3.63) is 56.8 Å². The number of aryl methyl sites for hydroxylation is 1. The first kappa shape index (κ1) is 18.1. The molecule has 2 aromatic carbocycles. The van der Waals surface area contributed by atoms with Gasteiger partial charge < -0.3 is 14.9 Å². The molecule has 0 aliphatic carbocycles. The van der Waals surface area contributed by atoms with Gasteiger partial charge in [-0.1, -0.05) is 25.8 Å². The van der Waals surface area contributed by atoms with Gasteiger partial charge in [-0.15, -0.1) is 40.6 Å². The summed E-state index contributed by atoms with van der Waals surface area (Å²) in [6, 6.07) is 13.2. The maximum Gasteiger partial charge on any atom is 3.00 e. The van der Waals surface area contributed by atoms with Crippen LogP contribution in [-0.4, -0.2) is 0 Å². The molecular weight excluding hydrogens is 271 g/mol. The average Bonchev–Trinajstić information content (AvgIpc) is 2.57. The van der Waals surface area contributed by atoms with Gasteiger partial charge in [0, 0.05) is 0 Å². The fourth-order valence-electron chi connectivity index (χ4n) is 1.74. The molecule has 0 saturated carbocycles. The zero-order chi connectivity index (χ0) is 9.10. The van der Waals surface area contributed by atoms with E-state index in [2.05, 4.69) is 43.3 Å². The maximum absolute atomic E-state index is 2.31. The number of hydrogen-bond acceptors (Lipinski definition) is 0. The van der Waals surface area contributed by atoms with Crippen molar-refractivity contribution in [2.24, 2.45) is 0 Å². The molecule has 0 unspecified atom stereocenters. The summed E-state index contributed by atoms with van der Waals surface area (Å²) in [5.41, 5.74) is 1.49. The van der Waals surface area contributed by atoms with Crippen molar-refractivity contribution in [1.29, 1.82) is 0 Å². The summed E-state index contributed by atoms with van der Waals surface area (Å²) in [6.07, 6.45) is 3.81. The Morgan fingerprint density at radius 3 is 2.44 bits per heavy atom. The van der Waals surface area contributed by atoms with E-state index in [-0.39, 0.29) is 41.1 Å². The predicted molar refractivity (Wildman–Crippen MR) is 71.0 cm³/mol. The van der Waals surface area contributed by atoms with Crippen molar-refractivity contribution in [1.82, 2.24) is 0 Å². The van der Waals surface area contributed by atoms with Gasteiger partial charge in [0.15, 0.2) is 0 Å². The standard InChI is InChI=1S/C13H15.2CH3.Zr/c1-2-3-6-11-9-12-7-4-5-8-13(12)10-11;;;/h4-5,7-10H,2-3,6H2,1H3;2*1H3;/q3*-1;+3. The van der Waals surface area contributed by atoms with E-state index in [1.54, 1.807) is 0 Å². The van der Waals surface area contributed by atoms with E-state index in [1.165, 1.54) is 35.6 Å². The van der Waals surface area contributed by atoms with Crippen LogP contribution in [0.25, 0.3) is 10.8 Å². The van der Waals surface area contributed by atoms with Crippen molar-refractivity contribution in [2.45, 2.75) is 26.2 Å². The van der Waals surface area contributed by atoms with Crippen LogP contribution >= 0.6 is 0 Å². The third kappa shape index (κ3) is 4.30. The maximum atomic E-state index is 2.31. The molecule has 0 aliphatic rings. The average molecular weight is 293 g/mol. The molecule has 0 heterocycles. The van der Waals surface area contributed by atoms with Gasteiger partial charge in [0.2, 0.25) is 0 Å². The molecule has 0 aliphatic heterocycles. The van der Waals surface area contributed by atoms with E-state index in [9.17, 15) is 0 Å². The van der Waals surface area contributed by atoms with Crippen LogP contribution in [0, 0.1) is 14.9 Å². The molecule has 16 heavy (non-hydrogen) atoms. The molecule has 0 N–H and O–H groups in total. The van der Waals surface area contributed by atoms with Crippen molar-refractivity contribution < 1.29 is 26.2 Å². The van der Waals surface area contributed by atoms with E-state index < -0.39 is 0 Å². The molecule has 1 radical (unpaired) electrons. The van der Waals surface area contributed by atoms with E-state index in [0.29, 0.717) is 0 Å². The zero-order valence-electron chi connectivity index (χ0n) is 10.6. The first-order valence-corrected chi connectivity index (χ1v) is 5.04. The first-order chi connectivity index (χ1) is 6.40. The third-order valence-corrected chi connectivity index (χ3v) is 2.50. The predicted octanol–water partition coefficient (Wildman–Crippen LogP) is 4.80. The minimum absolute atomic E-state index is 0. The summed E-state index contributed by atoms with van der Waals surface area (Å²) in [7, 11) is 0. The van der Waals surface area contributed by atoms with Gasteiger partial charge in [0.05, 0.1) is 0 Å². The minimum Gasteiger partial charge on any atom is -0.358 e. The smallest absolute Gasteiger partial charge is 0.358 e. The quantitative estimate of drug-likeness (QED) is 0.713. The van der Waals surface area contributed by atoms with Crippen molar-refractivity contribution in [3.8, 4) is 0 Å². The minimum atomic E-state index is 0. The van der Waals surface area contributed by atoms with E-state index >= 15 is 0 Å². The van der Waals surface area contributed by atoms with Gasteiger partial charge >= 0.3 is 26.2 Å². The Hall–Kier alpha value is -0.287. The fraction of sp³-hybridized carbons (Fsp3) is 0.267. The molecule has 2 aromatic rings. The summed E-state index contributed by atoms with van der Waals surface area (Å²) < 4.78 is 0. The molecule has 0 atom stereocenters. The van der Waals surface area contributed by atoms with Crippen LogP contribution in [0.4, 0.5) is 0 Å². The molecule has 1 heteroatoms. The van der Waals surface area contributed by atoms with Crippen LogP contribution in [0.3, 0.4) is 0 Å². The Balaban J connectivity index is 0. The van der Waals surface area contributed by atoms with Crippen LogP contribution in [-0.2, 0) is 32.6 Å². The van der Waals surface area contributed by atoms with E-state index in [0.717, 1.165) is 0 Å². The number of hydrogen-bond donors (Lipinski definition) is 0. The van der Waals surface area contributed by atoms with Gasteiger partial charge in [-0.25, -0.2) is 0 Å². The molecule has 0 spiro atoms. The normalized spacial score (nSPS) is 8.81. The first-order valence-electron chi connectivity index (χ1n) is 5.04. The van der Waals surface area contributed by atoms with Gasteiger partial charge in [-0.05, 0) is 6.42 Å². The fourth-order valence-corrected chi connectivity index (χ4v) is 1.74. The second-order valence-corrected chi connectivity index (χ2v) is 3.60. The topological polar surface area (TPSA) is 0 Å². The van der Waals surface area contributed by atoms with Crippen molar-refractivity contribution >= 4 is 10.8 Å². The monoisotopic (exact) mass is 291 g/mol. The van der Waals surface area contributed by atoms with Crippen LogP contribution < -0.4 is 0 Å². The summed E-state index contributed by atoms with van der Waals surface area (Å²) in [5.74, 6) is 0. The summed E-state index contributed by atoms with van der Waals surface area (Å²) in [5, 5.41) is 2.77. The number of benzene rings is 1. The van der Waals surface area contributed by atoms with Crippen molar-refractivity contribution in [3.63, 3.8) is 0 Å². The zero-order valence-corrected chi connectivity index (χ0v) is 13.0. The van der Waals surface area contributed by atoms with Crippen LogP contribution in [0.5, 0.6) is 0 Å². The molecule has 0 bridgehead atoms. The van der Waals surface area contributed by atoms with Crippen molar-refractivity contribution in [2.75, 3.05) is 0 Å². The summed E-state index contributed by atoms with van der Waals surface area (Å²) in [4.78, 5) is 0. The van der Waals surface area contributed by atoms with Gasteiger partial charge in [-0.2, -0.15) is 6.07 Å². The second kappa shape index (κ2) is 8.82. The Morgan fingerprint density at radius 2 is 1.81 bits per heavy atom. The Labute approximate surface area is 120 Å². The molecular formula is C15H21Zr. The van der Waals surface area contributed by atoms with Crippen LogP contribution in [0.15, 0.2) is 36.4 Å². The van der Waals surface area contributed by atoms with Gasteiger partial charge in [0.25, 0.3) is 0 Å². The molecule has 0 amide bonds. The molecule has 0 aromatic heterocycles. The van der Waals surface area contributed by atoms with Crippen LogP contribution in [0.2, 0.25) is 0 Å². The molecule has 0 saturated heterocycles. The van der Waals surface area contributed by atoms with Gasteiger partial charge in [-0.3, -0.25) is 0 Å². The largest absolute Gasteiger partial charge is 3.00 e. The Kier molecular flexibility index (Phi) is 9.97. The number of rotatable bonds is 3. The second-order valence-electron chi connectivity index (χ2n) is 3.60. The molecule has 2 rings (SSSR count).